The normalized spacial score (nSPS) is 23.2. The van der Waals surface area contributed by atoms with Crippen molar-refractivity contribution in [2.75, 3.05) is 23.4 Å². The first-order chi connectivity index (χ1) is 15.9. The zero-order valence-electron chi connectivity index (χ0n) is 18.8. The first-order valence-corrected chi connectivity index (χ1v) is 11.5. The Kier molecular flexibility index (Phi) is 6.93. The average molecular weight is 450 g/mol. The minimum atomic E-state index is -1.68. The lowest BCUT2D eigenvalue weighted by molar-refractivity contribution is -0.139. The van der Waals surface area contributed by atoms with Gasteiger partial charge in [-0.1, -0.05) is 49.4 Å². The standard InChI is InChI=1S/C26H31N3O4/c1-18(8-4-5-15-30)26(33)21-11-2-3-13-23(21)29(25(26)32)17-19-9-6-10-20(16-19)28-24(31)22-12-7-14-27-22/h2-4,6,8-11,13,16,18,22,27,30,33H,5,7,12,14-15,17H2,1H3,(H,28,31)/b8-4+/t18-,22+,26+/m0/s1. The Labute approximate surface area is 194 Å². The summed E-state index contributed by atoms with van der Waals surface area (Å²) in [6, 6.07) is 14.6. The molecule has 2 aliphatic heterocycles. The average Bonchev–Trinajstić information content (AvgIpc) is 3.43. The van der Waals surface area contributed by atoms with E-state index in [2.05, 4.69) is 10.6 Å². The highest BCUT2D eigenvalue weighted by Gasteiger charge is 2.52. The third-order valence-corrected chi connectivity index (χ3v) is 6.47. The van der Waals surface area contributed by atoms with Gasteiger partial charge in [-0.2, -0.15) is 0 Å². The van der Waals surface area contributed by atoms with E-state index in [1.54, 1.807) is 30.0 Å². The highest BCUT2D eigenvalue weighted by Crippen LogP contribution is 2.45. The zero-order valence-corrected chi connectivity index (χ0v) is 18.8. The molecule has 0 saturated carbocycles. The second kappa shape index (κ2) is 9.87. The van der Waals surface area contributed by atoms with E-state index in [-0.39, 0.29) is 31.0 Å². The number of benzene rings is 2. The van der Waals surface area contributed by atoms with Gasteiger partial charge in [0.15, 0.2) is 5.60 Å². The van der Waals surface area contributed by atoms with Gasteiger partial charge in [-0.3, -0.25) is 9.59 Å². The number of amides is 2. The molecular formula is C26H31N3O4. The summed E-state index contributed by atoms with van der Waals surface area (Å²) in [7, 11) is 0. The Morgan fingerprint density at radius 1 is 1.30 bits per heavy atom. The Morgan fingerprint density at radius 3 is 2.88 bits per heavy atom. The van der Waals surface area contributed by atoms with Crippen molar-refractivity contribution in [1.29, 1.82) is 0 Å². The second-order valence-corrected chi connectivity index (χ2v) is 8.74. The van der Waals surface area contributed by atoms with Crippen LogP contribution in [-0.4, -0.2) is 41.2 Å². The Morgan fingerprint density at radius 2 is 2.12 bits per heavy atom. The second-order valence-electron chi connectivity index (χ2n) is 8.74. The van der Waals surface area contributed by atoms with Gasteiger partial charge in [0.25, 0.3) is 5.91 Å². The number of fused-ring (bicyclic) bond motifs is 1. The van der Waals surface area contributed by atoms with Crippen LogP contribution < -0.4 is 15.5 Å². The minimum Gasteiger partial charge on any atom is -0.396 e. The number of hydrogen-bond acceptors (Lipinski definition) is 5. The van der Waals surface area contributed by atoms with Crippen LogP contribution in [0, 0.1) is 5.92 Å². The number of aliphatic hydroxyl groups excluding tert-OH is 1. The summed E-state index contributed by atoms with van der Waals surface area (Å²) in [5, 5.41) is 26.7. The Bertz CT molecular complexity index is 1050. The van der Waals surface area contributed by atoms with Crippen molar-refractivity contribution in [1.82, 2.24) is 5.32 Å². The number of hydrogen-bond donors (Lipinski definition) is 4. The van der Waals surface area contributed by atoms with Gasteiger partial charge in [-0.25, -0.2) is 0 Å². The van der Waals surface area contributed by atoms with Gasteiger partial charge >= 0.3 is 0 Å². The van der Waals surface area contributed by atoms with Crippen LogP contribution in [0.2, 0.25) is 0 Å². The van der Waals surface area contributed by atoms with E-state index in [0.717, 1.165) is 24.9 Å². The first kappa shape index (κ1) is 23.2. The quantitative estimate of drug-likeness (QED) is 0.464. The molecule has 1 saturated heterocycles. The number of aliphatic hydroxyl groups is 2. The molecule has 4 rings (SSSR count). The number of carbonyl (C=O) groups excluding carboxylic acids is 2. The van der Waals surface area contributed by atoms with Crippen molar-refractivity contribution in [3.63, 3.8) is 0 Å². The molecule has 4 N–H and O–H groups in total. The molecule has 0 unspecified atom stereocenters. The molecule has 2 aromatic rings. The molecule has 0 radical (unpaired) electrons. The van der Waals surface area contributed by atoms with Crippen LogP contribution in [0.4, 0.5) is 11.4 Å². The van der Waals surface area contributed by atoms with Crippen LogP contribution in [0.1, 0.15) is 37.3 Å². The fourth-order valence-corrected chi connectivity index (χ4v) is 4.64. The Hall–Kier alpha value is -3.00. The van der Waals surface area contributed by atoms with Gasteiger partial charge in [0.05, 0.1) is 18.3 Å². The molecule has 33 heavy (non-hydrogen) atoms. The molecule has 2 amide bonds. The van der Waals surface area contributed by atoms with Crippen molar-refractivity contribution in [2.45, 2.75) is 44.4 Å². The Balaban J connectivity index is 1.56. The van der Waals surface area contributed by atoms with Crippen LogP contribution in [0.15, 0.2) is 60.7 Å². The van der Waals surface area contributed by atoms with E-state index >= 15 is 0 Å². The molecule has 2 aromatic carbocycles. The predicted octanol–water partition coefficient (Wildman–Crippen LogP) is 2.69. The van der Waals surface area contributed by atoms with E-state index < -0.39 is 11.5 Å². The molecule has 0 bridgehead atoms. The number of para-hydroxylation sites is 1. The summed E-state index contributed by atoms with van der Waals surface area (Å²) in [6.07, 6.45) is 5.85. The van der Waals surface area contributed by atoms with E-state index in [1.807, 2.05) is 42.5 Å². The molecule has 3 atom stereocenters. The maximum atomic E-state index is 13.5. The summed E-state index contributed by atoms with van der Waals surface area (Å²) in [4.78, 5) is 27.6. The summed E-state index contributed by atoms with van der Waals surface area (Å²) in [5.74, 6) is -0.896. The molecule has 174 valence electrons. The predicted molar refractivity (Wildman–Crippen MR) is 128 cm³/mol. The molecule has 0 spiro atoms. The molecule has 0 aliphatic carbocycles. The van der Waals surface area contributed by atoms with Crippen LogP contribution in [0.5, 0.6) is 0 Å². The van der Waals surface area contributed by atoms with Gasteiger partial charge in [0, 0.05) is 23.8 Å². The van der Waals surface area contributed by atoms with Crippen molar-refractivity contribution >= 4 is 23.2 Å². The maximum Gasteiger partial charge on any atom is 0.264 e. The van der Waals surface area contributed by atoms with E-state index in [9.17, 15) is 14.7 Å². The van der Waals surface area contributed by atoms with Crippen LogP contribution in [0.25, 0.3) is 0 Å². The topological polar surface area (TPSA) is 102 Å². The maximum absolute atomic E-state index is 13.5. The number of nitrogens with zero attached hydrogens (tertiary/aromatic N) is 1. The number of nitrogens with one attached hydrogen (secondary N) is 2. The van der Waals surface area contributed by atoms with E-state index in [4.69, 9.17) is 5.11 Å². The van der Waals surface area contributed by atoms with E-state index in [1.165, 1.54) is 0 Å². The van der Waals surface area contributed by atoms with Crippen LogP contribution in [-0.2, 0) is 21.7 Å². The molecule has 7 heteroatoms. The zero-order chi connectivity index (χ0) is 23.4. The summed E-state index contributed by atoms with van der Waals surface area (Å²) >= 11 is 0. The third-order valence-electron chi connectivity index (χ3n) is 6.47. The van der Waals surface area contributed by atoms with Crippen molar-refractivity contribution in [2.24, 2.45) is 5.92 Å². The molecule has 2 heterocycles. The molecule has 0 aromatic heterocycles. The summed E-state index contributed by atoms with van der Waals surface area (Å²) in [5.41, 5.74) is 1.11. The monoisotopic (exact) mass is 449 g/mol. The van der Waals surface area contributed by atoms with Gasteiger partial charge in [-0.05, 0) is 49.6 Å². The number of anilines is 2. The van der Waals surface area contributed by atoms with Gasteiger partial charge < -0.3 is 25.7 Å². The SMILES string of the molecule is C[C@@H](/C=C/CCO)[C@]1(O)C(=O)N(Cc2cccc(NC(=O)[C@H]3CCCN3)c2)c2ccccc21. The van der Waals surface area contributed by atoms with Crippen molar-refractivity contribution in [3.05, 3.63) is 71.8 Å². The van der Waals surface area contributed by atoms with Gasteiger partial charge in [0.2, 0.25) is 5.91 Å². The van der Waals surface area contributed by atoms with Gasteiger partial charge in [0.1, 0.15) is 0 Å². The van der Waals surface area contributed by atoms with Crippen LogP contribution >= 0.6 is 0 Å². The molecule has 7 nitrogen and oxygen atoms in total. The number of rotatable bonds is 8. The lowest BCUT2D eigenvalue weighted by atomic mass is 9.83. The molecule has 1 fully saturated rings. The highest BCUT2D eigenvalue weighted by atomic mass is 16.3. The van der Waals surface area contributed by atoms with Crippen molar-refractivity contribution < 1.29 is 19.8 Å². The lowest BCUT2D eigenvalue weighted by Gasteiger charge is -2.27. The number of carbonyl (C=O) groups is 2. The fraction of sp³-hybridized carbons (Fsp3) is 0.385. The largest absolute Gasteiger partial charge is 0.396 e. The van der Waals surface area contributed by atoms with E-state index in [0.29, 0.717) is 23.4 Å². The van der Waals surface area contributed by atoms with Crippen molar-refractivity contribution in [3.8, 4) is 0 Å². The smallest absolute Gasteiger partial charge is 0.264 e. The highest BCUT2D eigenvalue weighted by molar-refractivity contribution is 6.07. The summed E-state index contributed by atoms with van der Waals surface area (Å²) < 4.78 is 0. The third kappa shape index (κ3) is 4.57. The van der Waals surface area contributed by atoms with Crippen LogP contribution in [0.3, 0.4) is 0 Å². The summed E-state index contributed by atoms with van der Waals surface area (Å²) in [6.45, 7) is 2.95. The molecular weight excluding hydrogens is 418 g/mol. The first-order valence-electron chi connectivity index (χ1n) is 11.5. The minimum absolute atomic E-state index is 0.0159. The fourth-order valence-electron chi connectivity index (χ4n) is 4.64. The lowest BCUT2D eigenvalue weighted by Crippen LogP contribution is -2.44. The molecule has 2 aliphatic rings. The van der Waals surface area contributed by atoms with Gasteiger partial charge in [-0.15, -0.1) is 0 Å².